The number of hydrogen-bond acceptors (Lipinski definition) is 4. The van der Waals surface area contributed by atoms with Crippen molar-refractivity contribution in [3.63, 3.8) is 0 Å². The van der Waals surface area contributed by atoms with Gasteiger partial charge in [-0.1, -0.05) is 59.3 Å². The van der Waals surface area contributed by atoms with Crippen molar-refractivity contribution >= 4 is 56.4 Å². The average Bonchev–Trinajstić information content (AvgIpc) is 2.82. The molecule has 0 spiro atoms. The van der Waals surface area contributed by atoms with Gasteiger partial charge in [0.15, 0.2) is 5.11 Å². The second-order valence-corrected chi connectivity index (χ2v) is 8.84. The molecule has 0 aliphatic heterocycles. The first-order valence-corrected chi connectivity index (χ1v) is 12.1. The maximum absolute atomic E-state index is 12.8. The molecule has 2 amide bonds. The van der Waals surface area contributed by atoms with Gasteiger partial charge in [-0.15, -0.1) is 0 Å². The lowest BCUT2D eigenvalue weighted by atomic mass is 10.1. The number of halogens is 1. The van der Waals surface area contributed by atoms with Gasteiger partial charge in [0.25, 0.3) is 5.91 Å². The Morgan fingerprint density at radius 1 is 0.941 bits per heavy atom. The average molecular weight is 540 g/mol. The number of nitrogens with one attached hydrogen (secondary N) is 3. The van der Waals surface area contributed by atoms with Gasteiger partial charge >= 0.3 is 0 Å². The monoisotopic (exact) mass is 539 g/mol. The molecule has 8 heteroatoms. The molecular weight excluding hydrogens is 514 g/mol. The summed E-state index contributed by atoms with van der Waals surface area (Å²) < 4.78 is 6.44. The number of carbonyl (C=O) groups excluding carboxylic acids is 2. The van der Waals surface area contributed by atoms with E-state index in [-0.39, 0.29) is 16.9 Å². The van der Waals surface area contributed by atoms with Crippen LogP contribution in [-0.4, -0.2) is 23.5 Å². The Kier molecular flexibility index (Phi) is 9.61. The van der Waals surface area contributed by atoms with Crippen molar-refractivity contribution in [3.05, 3.63) is 88.4 Å². The number of benzene rings is 3. The van der Waals surface area contributed by atoms with E-state index >= 15 is 0 Å². The SMILES string of the molecule is CCCOc1ccc(Br)cc1C(=O)NC(=S)Nc1cccc(NC(=O)CCc2ccccc2)c1. The summed E-state index contributed by atoms with van der Waals surface area (Å²) in [6, 6.07) is 22.3. The van der Waals surface area contributed by atoms with Crippen LogP contribution in [-0.2, 0) is 11.2 Å². The van der Waals surface area contributed by atoms with Crippen LogP contribution in [0, 0.1) is 0 Å². The van der Waals surface area contributed by atoms with Gasteiger partial charge in [-0.25, -0.2) is 0 Å². The number of hydrogen-bond donors (Lipinski definition) is 3. The maximum atomic E-state index is 12.8. The topological polar surface area (TPSA) is 79.5 Å². The van der Waals surface area contributed by atoms with E-state index in [4.69, 9.17) is 17.0 Å². The first-order valence-electron chi connectivity index (χ1n) is 10.9. The lowest BCUT2D eigenvalue weighted by Crippen LogP contribution is -2.34. The van der Waals surface area contributed by atoms with E-state index in [1.54, 1.807) is 36.4 Å². The molecule has 176 valence electrons. The molecule has 0 saturated carbocycles. The van der Waals surface area contributed by atoms with Crippen molar-refractivity contribution < 1.29 is 14.3 Å². The Balaban J connectivity index is 1.56. The molecule has 0 aliphatic carbocycles. The van der Waals surface area contributed by atoms with E-state index in [1.807, 2.05) is 43.3 Å². The first-order chi connectivity index (χ1) is 16.4. The quantitative estimate of drug-likeness (QED) is 0.293. The van der Waals surface area contributed by atoms with Crippen LogP contribution in [0.4, 0.5) is 11.4 Å². The molecule has 0 bridgehead atoms. The highest BCUT2D eigenvalue weighted by molar-refractivity contribution is 9.10. The summed E-state index contributed by atoms with van der Waals surface area (Å²) in [7, 11) is 0. The number of carbonyl (C=O) groups is 2. The lowest BCUT2D eigenvalue weighted by molar-refractivity contribution is -0.116. The lowest BCUT2D eigenvalue weighted by Gasteiger charge is -2.14. The molecule has 6 nitrogen and oxygen atoms in total. The Hall–Kier alpha value is -3.23. The highest BCUT2D eigenvalue weighted by Gasteiger charge is 2.15. The normalized spacial score (nSPS) is 10.3. The van der Waals surface area contributed by atoms with Crippen molar-refractivity contribution in [2.45, 2.75) is 26.2 Å². The molecule has 0 saturated heterocycles. The Bertz CT molecular complexity index is 1160. The first kappa shape index (κ1) is 25.4. The summed E-state index contributed by atoms with van der Waals surface area (Å²) in [5, 5.41) is 8.70. The third-order valence-corrected chi connectivity index (χ3v) is 5.46. The van der Waals surface area contributed by atoms with Gasteiger partial charge < -0.3 is 15.4 Å². The number of aryl methyl sites for hydroxylation is 1. The number of anilines is 2. The van der Waals surface area contributed by atoms with Crippen LogP contribution < -0.4 is 20.7 Å². The molecule has 0 fully saturated rings. The zero-order valence-corrected chi connectivity index (χ0v) is 21.2. The minimum absolute atomic E-state index is 0.0776. The zero-order chi connectivity index (χ0) is 24.3. The van der Waals surface area contributed by atoms with Crippen LogP contribution in [0.2, 0.25) is 0 Å². The van der Waals surface area contributed by atoms with E-state index in [9.17, 15) is 9.59 Å². The highest BCUT2D eigenvalue weighted by atomic mass is 79.9. The number of rotatable bonds is 9. The summed E-state index contributed by atoms with van der Waals surface area (Å²) in [5.74, 6) is 0.0342. The van der Waals surface area contributed by atoms with Crippen molar-refractivity contribution in [1.29, 1.82) is 0 Å². The predicted octanol–water partition coefficient (Wildman–Crippen LogP) is 5.94. The van der Waals surface area contributed by atoms with Crippen LogP contribution in [0.3, 0.4) is 0 Å². The van der Waals surface area contributed by atoms with Crippen LogP contribution in [0.25, 0.3) is 0 Å². The highest BCUT2D eigenvalue weighted by Crippen LogP contribution is 2.23. The number of ether oxygens (including phenoxy) is 1. The van der Waals surface area contributed by atoms with Crippen molar-refractivity contribution in [2.75, 3.05) is 17.2 Å². The van der Waals surface area contributed by atoms with Crippen molar-refractivity contribution in [1.82, 2.24) is 5.32 Å². The summed E-state index contributed by atoms with van der Waals surface area (Å²) in [4.78, 5) is 25.1. The third-order valence-electron chi connectivity index (χ3n) is 4.76. The predicted molar refractivity (Wildman–Crippen MR) is 143 cm³/mol. The summed E-state index contributed by atoms with van der Waals surface area (Å²) >= 11 is 8.71. The standard InChI is InChI=1S/C26H26BrN3O3S/c1-2-15-33-23-13-12-19(27)16-22(23)25(32)30-26(34)29-21-10-6-9-20(17-21)28-24(31)14-11-18-7-4-3-5-8-18/h3-10,12-13,16-17H,2,11,14-15H2,1H3,(H,28,31)(H2,29,30,32,34). The molecule has 0 aliphatic rings. The summed E-state index contributed by atoms with van der Waals surface area (Å²) in [5.41, 5.74) is 2.77. The minimum Gasteiger partial charge on any atom is -0.493 e. The van der Waals surface area contributed by atoms with Crippen LogP contribution in [0.5, 0.6) is 5.75 Å². The fourth-order valence-electron chi connectivity index (χ4n) is 3.15. The largest absolute Gasteiger partial charge is 0.493 e. The minimum atomic E-state index is -0.379. The molecule has 0 unspecified atom stereocenters. The Morgan fingerprint density at radius 3 is 2.41 bits per heavy atom. The smallest absolute Gasteiger partial charge is 0.261 e. The second-order valence-electron chi connectivity index (χ2n) is 7.51. The third kappa shape index (κ3) is 7.97. The van der Waals surface area contributed by atoms with Gasteiger partial charge in [-0.2, -0.15) is 0 Å². The van der Waals surface area contributed by atoms with Gasteiger partial charge in [-0.05, 0) is 67.0 Å². The fourth-order valence-corrected chi connectivity index (χ4v) is 3.72. The van der Waals surface area contributed by atoms with E-state index in [0.717, 1.165) is 16.5 Å². The molecular formula is C26H26BrN3O3S. The van der Waals surface area contributed by atoms with E-state index in [1.165, 1.54) is 0 Å². The molecule has 3 aromatic rings. The molecule has 0 aromatic heterocycles. The maximum Gasteiger partial charge on any atom is 0.261 e. The van der Waals surface area contributed by atoms with Crippen molar-refractivity contribution in [3.8, 4) is 5.75 Å². The molecule has 34 heavy (non-hydrogen) atoms. The van der Waals surface area contributed by atoms with E-state index < -0.39 is 0 Å². The van der Waals surface area contributed by atoms with Gasteiger partial charge in [0.05, 0.1) is 12.2 Å². The molecule has 0 atom stereocenters. The number of amides is 2. The Labute approximate surface area is 213 Å². The van der Waals surface area contributed by atoms with Gasteiger partial charge in [0.1, 0.15) is 5.75 Å². The summed E-state index contributed by atoms with van der Waals surface area (Å²) in [6.45, 7) is 2.51. The second kappa shape index (κ2) is 12.9. The molecule has 3 N–H and O–H groups in total. The van der Waals surface area contributed by atoms with Crippen LogP contribution in [0.1, 0.15) is 35.7 Å². The fraction of sp³-hybridized carbons (Fsp3) is 0.192. The van der Waals surface area contributed by atoms with Crippen LogP contribution in [0.15, 0.2) is 77.3 Å². The van der Waals surface area contributed by atoms with Crippen molar-refractivity contribution in [2.24, 2.45) is 0 Å². The molecule has 0 radical (unpaired) electrons. The molecule has 0 heterocycles. The number of thiocarbonyl (C=S) groups is 1. The van der Waals surface area contributed by atoms with Gasteiger partial charge in [0.2, 0.25) is 5.91 Å². The van der Waals surface area contributed by atoms with E-state index in [2.05, 4.69) is 31.9 Å². The summed E-state index contributed by atoms with van der Waals surface area (Å²) in [6.07, 6.45) is 1.88. The molecule has 3 rings (SSSR count). The van der Waals surface area contributed by atoms with E-state index in [0.29, 0.717) is 42.1 Å². The van der Waals surface area contributed by atoms with Gasteiger partial charge in [0, 0.05) is 22.3 Å². The van der Waals surface area contributed by atoms with Crippen LogP contribution >= 0.6 is 28.1 Å². The Morgan fingerprint density at radius 2 is 1.68 bits per heavy atom. The van der Waals surface area contributed by atoms with Gasteiger partial charge in [-0.3, -0.25) is 14.9 Å². The zero-order valence-electron chi connectivity index (χ0n) is 18.8. The molecule has 3 aromatic carbocycles.